The number of benzene rings is 2. The highest BCUT2D eigenvalue weighted by Gasteiger charge is 2.06. The average Bonchev–Trinajstić information content (AvgIpc) is 2.41. The van der Waals surface area contributed by atoms with Gasteiger partial charge in [-0.3, -0.25) is 0 Å². The van der Waals surface area contributed by atoms with Crippen molar-refractivity contribution in [2.75, 3.05) is 6.54 Å². The Hall–Kier alpha value is -0.480. The monoisotopic (exact) mass is 355 g/mol. The summed E-state index contributed by atoms with van der Waals surface area (Å²) in [5, 5.41) is 0.824. The second kappa shape index (κ2) is 7.34. The van der Waals surface area contributed by atoms with Gasteiger partial charge in [-0.15, -0.1) is 11.8 Å². The average molecular weight is 357 g/mol. The lowest BCUT2D eigenvalue weighted by Crippen LogP contribution is -2.03. The van der Waals surface area contributed by atoms with Gasteiger partial charge in [-0.25, -0.2) is 0 Å². The maximum Gasteiger partial charge on any atom is 0.0446 e. The number of hydrogen-bond acceptors (Lipinski definition) is 2. The van der Waals surface area contributed by atoms with E-state index in [9.17, 15) is 0 Å². The maximum absolute atomic E-state index is 6.18. The first kappa shape index (κ1) is 14.9. The first-order chi connectivity index (χ1) is 9.20. The van der Waals surface area contributed by atoms with Crippen molar-refractivity contribution in [1.82, 2.24) is 0 Å². The minimum absolute atomic E-state index is 0.668. The molecule has 0 aliphatic rings. The van der Waals surface area contributed by atoms with Crippen molar-refractivity contribution in [2.45, 2.75) is 17.1 Å². The van der Waals surface area contributed by atoms with Crippen LogP contribution in [0, 0.1) is 0 Å². The molecule has 0 aliphatic heterocycles. The molecule has 0 aromatic heterocycles. The molecule has 2 aromatic rings. The lowest BCUT2D eigenvalue weighted by Gasteiger charge is -2.10. The first-order valence-electron chi connectivity index (χ1n) is 6.05. The Balaban J connectivity index is 2.14. The van der Waals surface area contributed by atoms with Crippen molar-refractivity contribution in [3.05, 3.63) is 63.1 Å². The Morgan fingerprint density at radius 1 is 1.11 bits per heavy atom. The van der Waals surface area contributed by atoms with Crippen LogP contribution < -0.4 is 5.73 Å². The smallest absolute Gasteiger partial charge is 0.0446 e. The number of halogens is 2. The quantitative estimate of drug-likeness (QED) is 0.771. The zero-order valence-corrected chi connectivity index (χ0v) is 13.6. The topological polar surface area (TPSA) is 26.0 Å². The summed E-state index contributed by atoms with van der Waals surface area (Å²) in [6.45, 7) is 0.668. The highest BCUT2D eigenvalue weighted by Crippen LogP contribution is 2.31. The largest absolute Gasteiger partial charge is 0.330 e. The van der Waals surface area contributed by atoms with Gasteiger partial charge < -0.3 is 5.73 Å². The van der Waals surface area contributed by atoms with Crippen LogP contribution >= 0.6 is 39.3 Å². The molecule has 0 heterocycles. The van der Waals surface area contributed by atoms with Crippen LogP contribution in [0.4, 0.5) is 0 Å². The fraction of sp³-hybridized carbons (Fsp3) is 0.200. The van der Waals surface area contributed by atoms with Crippen LogP contribution in [0.15, 0.2) is 51.8 Å². The van der Waals surface area contributed by atoms with Gasteiger partial charge in [0.1, 0.15) is 0 Å². The van der Waals surface area contributed by atoms with Crippen LogP contribution in [0.5, 0.6) is 0 Å². The summed E-state index contributed by atoms with van der Waals surface area (Å²) >= 11 is 11.5. The van der Waals surface area contributed by atoms with Gasteiger partial charge >= 0.3 is 0 Å². The van der Waals surface area contributed by atoms with Gasteiger partial charge in [0.25, 0.3) is 0 Å². The van der Waals surface area contributed by atoms with Crippen LogP contribution in [-0.4, -0.2) is 6.54 Å². The van der Waals surface area contributed by atoms with Crippen molar-refractivity contribution >= 4 is 39.3 Å². The standard InChI is InChI=1S/C15H15BrClNS/c16-13-6-5-11(7-8-18)15(9-13)19-10-12-3-1-2-4-14(12)17/h1-6,9H,7-8,10,18H2. The van der Waals surface area contributed by atoms with Gasteiger partial charge in [-0.2, -0.15) is 0 Å². The second-order valence-corrected chi connectivity index (χ2v) is 6.51. The Morgan fingerprint density at radius 2 is 1.89 bits per heavy atom. The van der Waals surface area contributed by atoms with Gasteiger partial charge in [0, 0.05) is 20.1 Å². The van der Waals surface area contributed by atoms with Crippen molar-refractivity contribution in [3.63, 3.8) is 0 Å². The molecule has 2 aromatic carbocycles. The molecule has 0 spiro atoms. The van der Waals surface area contributed by atoms with Gasteiger partial charge in [0.15, 0.2) is 0 Å². The molecule has 0 bridgehead atoms. The van der Waals surface area contributed by atoms with Crippen LogP contribution in [0.3, 0.4) is 0 Å². The van der Waals surface area contributed by atoms with E-state index in [2.05, 4.69) is 40.2 Å². The third-order valence-corrected chi connectivity index (χ3v) is 4.79. The predicted octanol–water partition coefficient (Wildman–Crippen LogP) is 4.90. The molecule has 0 unspecified atom stereocenters. The molecule has 0 amide bonds. The van der Waals surface area contributed by atoms with Crippen molar-refractivity contribution in [1.29, 1.82) is 0 Å². The summed E-state index contributed by atoms with van der Waals surface area (Å²) in [4.78, 5) is 1.26. The van der Waals surface area contributed by atoms with Crippen LogP contribution in [0.2, 0.25) is 5.02 Å². The Bertz CT molecular complexity index is 560. The molecule has 0 saturated heterocycles. The molecule has 4 heteroatoms. The minimum Gasteiger partial charge on any atom is -0.330 e. The Labute approximate surface area is 131 Å². The third kappa shape index (κ3) is 4.25. The summed E-state index contributed by atoms with van der Waals surface area (Å²) in [6, 6.07) is 14.3. The molecule has 0 atom stereocenters. The summed E-state index contributed by atoms with van der Waals surface area (Å²) in [6.07, 6.45) is 0.901. The van der Waals surface area contributed by atoms with Crippen molar-refractivity contribution in [2.24, 2.45) is 5.73 Å². The van der Waals surface area contributed by atoms with E-state index in [-0.39, 0.29) is 0 Å². The highest BCUT2D eigenvalue weighted by molar-refractivity contribution is 9.10. The molecule has 0 aliphatic carbocycles. The zero-order chi connectivity index (χ0) is 13.7. The van der Waals surface area contributed by atoms with E-state index in [0.29, 0.717) is 6.54 Å². The number of hydrogen-bond donors (Lipinski definition) is 1. The lowest BCUT2D eigenvalue weighted by molar-refractivity contribution is 0.943. The third-order valence-electron chi connectivity index (χ3n) is 2.78. The summed E-state index contributed by atoms with van der Waals surface area (Å²) in [5.74, 6) is 0.869. The zero-order valence-electron chi connectivity index (χ0n) is 10.4. The molecule has 19 heavy (non-hydrogen) atoms. The molecule has 0 fully saturated rings. The molecule has 0 saturated carbocycles. The van der Waals surface area contributed by atoms with Gasteiger partial charge in [0.05, 0.1) is 0 Å². The predicted molar refractivity (Wildman–Crippen MR) is 87.9 cm³/mol. The van der Waals surface area contributed by atoms with E-state index in [4.69, 9.17) is 17.3 Å². The molecule has 1 nitrogen and oxygen atoms in total. The van der Waals surface area contributed by atoms with E-state index in [1.54, 1.807) is 11.8 Å². The molecular weight excluding hydrogens is 342 g/mol. The lowest BCUT2D eigenvalue weighted by atomic mass is 10.1. The second-order valence-electron chi connectivity index (χ2n) is 4.17. The van der Waals surface area contributed by atoms with Crippen molar-refractivity contribution < 1.29 is 0 Å². The van der Waals surface area contributed by atoms with Crippen molar-refractivity contribution in [3.8, 4) is 0 Å². The highest BCUT2D eigenvalue weighted by atomic mass is 79.9. The first-order valence-corrected chi connectivity index (χ1v) is 8.21. The summed E-state index contributed by atoms with van der Waals surface area (Å²) in [5.41, 5.74) is 8.11. The minimum atomic E-state index is 0.668. The fourth-order valence-electron chi connectivity index (χ4n) is 1.80. The van der Waals surface area contributed by atoms with Crippen LogP contribution in [-0.2, 0) is 12.2 Å². The molecule has 0 radical (unpaired) electrons. The van der Waals surface area contributed by atoms with E-state index in [1.807, 2.05) is 18.2 Å². The van der Waals surface area contributed by atoms with Gasteiger partial charge in [0.2, 0.25) is 0 Å². The normalized spacial score (nSPS) is 10.7. The van der Waals surface area contributed by atoms with E-state index < -0.39 is 0 Å². The molecule has 2 N–H and O–H groups in total. The van der Waals surface area contributed by atoms with Crippen LogP contribution in [0.25, 0.3) is 0 Å². The molecule has 2 rings (SSSR count). The van der Waals surface area contributed by atoms with Crippen LogP contribution in [0.1, 0.15) is 11.1 Å². The molecular formula is C15H15BrClNS. The van der Waals surface area contributed by atoms with Gasteiger partial charge in [-0.05, 0) is 42.3 Å². The van der Waals surface area contributed by atoms with E-state index in [0.717, 1.165) is 27.2 Å². The van der Waals surface area contributed by atoms with E-state index in [1.165, 1.54) is 10.5 Å². The fourth-order valence-corrected chi connectivity index (χ4v) is 3.72. The van der Waals surface area contributed by atoms with E-state index >= 15 is 0 Å². The number of thioether (sulfide) groups is 1. The maximum atomic E-state index is 6.18. The number of rotatable bonds is 5. The van der Waals surface area contributed by atoms with Gasteiger partial charge in [-0.1, -0.05) is 51.8 Å². The summed E-state index contributed by atoms with van der Waals surface area (Å²) < 4.78 is 1.09. The number of nitrogens with two attached hydrogens (primary N) is 1. The molecule has 100 valence electrons. The Morgan fingerprint density at radius 3 is 2.63 bits per heavy atom. The SMILES string of the molecule is NCCc1ccc(Br)cc1SCc1ccccc1Cl. The summed E-state index contributed by atoms with van der Waals surface area (Å²) in [7, 11) is 0. The Kier molecular flexibility index (Phi) is 5.76.